The van der Waals surface area contributed by atoms with E-state index in [2.05, 4.69) is 4.74 Å². The lowest BCUT2D eigenvalue weighted by Gasteiger charge is -2.08. The molecule has 4 nitrogen and oxygen atoms in total. The Labute approximate surface area is 82.6 Å². The number of carbonyl (C=O) groups excluding carboxylic acids is 3. The zero-order valence-corrected chi connectivity index (χ0v) is 8.46. The first kappa shape index (κ1) is 10.9. The predicted molar refractivity (Wildman–Crippen MR) is 48.6 cm³/mol. The van der Waals surface area contributed by atoms with Crippen LogP contribution in [0.3, 0.4) is 0 Å². The molecule has 0 aromatic carbocycles. The first-order valence-corrected chi connectivity index (χ1v) is 4.73. The van der Waals surface area contributed by atoms with E-state index in [4.69, 9.17) is 0 Å². The van der Waals surface area contributed by atoms with E-state index in [0.29, 0.717) is 12.8 Å². The second-order valence-electron chi connectivity index (χ2n) is 3.54. The molecule has 0 atom stereocenters. The van der Waals surface area contributed by atoms with Crippen molar-refractivity contribution in [2.75, 3.05) is 6.61 Å². The number of hydrogen-bond acceptors (Lipinski definition) is 4. The number of ether oxygens (including phenoxy) is 1. The van der Waals surface area contributed by atoms with Gasteiger partial charge in [-0.25, -0.2) is 0 Å². The molecule has 0 saturated heterocycles. The van der Waals surface area contributed by atoms with E-state index in [1.165, 1.54) is 6.92 Å². The van der Waals surface area contributed by atoms with E-state index in [1.54, 1.807) is 6.92 Å². The number of ketones is 2. The zero-order chi connectivity index (χ0) is 10.8. The second kappa shape index (κ2) is 3.90. The maximum Gasteiger partial charge on any atom is 0.313 e. The Kier molecular flexibility index (Phi) is 3.03. The van der Waals surface area contributed by atoms with Gasteiger partial charge >= 0.3 is 5.97 Å². The molecule has 0 N–H and O–H groups in total. The number of carbonyl (C=O) groups is 3. The fourth-order valence-electron chi connectivity index (χ4n) is 1.46. The molecule has 78 valence electrons. The molecular formula is C10H14O4. The molecule has 1 fully saturated rings. The van der Waals surface area contributed by atoms with Crippen LogP contribution in [-0.4, -0.2) is 24.1 Å². The minimum Gasteiger partial charge on any atom is -0.466 e. The summed E-state index contributed by atoms with van der Waals surface area (Å²) in [6.07, 6.45) is 0.897. The smallest absolute Gasteiger partial charge is 0.313 e. The summed E-state index contributed by atoms with van der Waals surface area (Å²) in [5, 5.41) is 0. The fraction of sp³-hybridized carbons (Fsp3) is 0.700. The molecule has 1 aliphatic carbocycles. The van der Waals surface area contributed by atoms with Gasteiger partial charge in [-0.3, -0.25) is 14.4 Å². The summed E-state index contributed by atoms with van der Waals surface area (Å²) in [6.45, 7) is 3.34. The molecule has 0 radical (unpaired) electrons. The van der Waals surface area contributed by atoms with Crippen molar-refractivity contribution in [3.8, 4) is 0 Å². The summed E-state index contributed by atoms with van der Waals surface area (Å²) in [7, 11) is 0. The molecule has 0 heterocycles. The van der Waals surface area contributed by atoms with E-state index < -0.39 is 11.4 Å². The Hall–Kier alpha value is -1.19. The Balaban J connectivity index is 2.51. The lowest BCUT2D eigenvalue weighted by molar-refractivity contribution is -0.147. The highest BCUT2D eigenvalue weighted by Gasteiger charge is 2.53. The van der Waals surface area contributed by atoms with Crippen LogP contribution in [0.2, 0.25) is 0 Å². The van der Waals surface area contributed by atoms with Crippen molar-refractivity contribution in [1.29, 1.82) is 0 Å². The summed E-state index contributed by atoms with van der Waals surface area (Å²) in [5.41, 5.74) is -0.841. The van der Waals surface area contributed by atoms with Gasteiger partial charge in [0.15, 0.2) is 5.78 Å². The topological polar surface area (TPSA) is 60.4 Å². The van der Waals surface area contributed by atoms with Gasteiger partial charge in [-0.15, -0.1) is 0 Å². The van der Waals surface area contributed by atoms with Gasteiger partial charge in [-0.2, -0.15) is 0 Å². The molecule has 0 aliphatic heterocycles. The molecule has 0 unspecified atom stereocenters. The molecule has 14 heavy (non-hydrogen) atoms. The Morgan fingerprint density at radius 3 is 2.21 bits per heavy atom. The van der Waals surface area contributed by atoms with E-state index in [-0.39, 0.29) is 24.6 Å². The van der Waals surface area contributed by atoms with Crippen molar-refractivity contribution in [1.82, 2.24) is 0 Å². The Morgan fingerprint density at radius 2 is 1.86 bits per heavy atom. The third kappa shape index (κ3) is 2.00. The van der Waals surface area contributed by atoms with Gasteiger partial charge in [-0.1, -0.05) is 0 Å². The van der Waals surface area contributed by atoms with Crippen LogP contribution in [0.15, 0.2) is 0 Å². The van der Waals surface area contributed by atoms with E-state index in [9.17, 15) is 14.4 Å². The third-order valence-electron chi connectivity index (χ3n) is 2.57. The van der Waals surface area contributed by atoms with Crippen LogP contribution >= 0.6 is 0 Å². The average molecular weight is 198 g/mol. The molecule has 4 heteroatoms. The van der Waals surface area contributed by atoms with Gasteiger partial charge in [0.25, 0.3) is 0 Å². The Bertz CT molecular complexity index is 276. The van der Waals surface area contributed by atoms with Gasteiger partial charge in [0.1, 0.15) is 12.2 Å². The van der Waals surface area contributed by atoms with E-state index >= 15 is 0 Å². The predicted octanol–water partition coefficient (Wildman–Crippen LogP) is 0.878. The van der Waals surface area contributed by atoms with Gasteiger partial charge in [0.2, 0.25) is 0 Å². The standard InChI is InChI=1S/C10H14O4/c1-3-14-9(13)6-8(12)10(4-5-10)7(2)11/h3-6H2,1-2H3. The fourth-order valence-corrected chi connectivity index (χ4v) is 1.46. The molecule has 1 aliphatic rings. The first-order valence-electron chi connectivity index (χ1n) is 4.73. The van der Waals surface area contributed by atoms with Crippen LogP contribution in [0.1, 0.15) is 33.1 Å². The van der Waals surface area contributed by atoms with Crippen molar-refractivity contribution >= 4 is 17.5 Å². The van der Waals surface area contributed by atoms with Crippen molar-refractivity contribution in [3.63, 3.8) is 0 Å². The van der Waals surface area contributed by atoms with Crippen LogP contribution in [0.25, 0.3) is 0 Å². The molecule has 0 spiro atoms. The highest BCUT2D eigenvalue weighted by atomic mass is 16.5. The highest BCUT2D eigenvalue weighted by molar-refractivity contribution is 6.13. The van der Waals surface area contributed by atoms with Crippen LogP contribution in [0, 0.1) is 5.41 Å². The van der Waals surface area contributed by atoms with Gasteiger partial charge in [-0.05, 0) is 26.7 Å². The highest BCUT2D eigenvalue weighted by Crippen LogP contribution is 2.48. The minimum absolute atomic E-state index is 0.133. The summed E-state index contributed by atoms with van der Waals surface area (Å²) in [4.78, 5) is 33.7. The largest absolute Gasteiger partial charge is 0.466 e. The number of Topliss-reactive ketones (excluding diaryl/α,β-unsaturated/α-hetero) is 2. The summed E-state index contributed by atoms with van der Waals surface area (Å²) < 4.78 is 4.64. The second-order valence-corrected chi connectivity index (χ2v) is 3.54. The summed E-state index contributed by atoms with van der Waals surface area (Å²) in [6, 6.07) is 0. The molecule has 1 rings (SSSR count). The minimum atomic E-state index is -0.841. The molecule has 0 bridgehead atoms. The van der Waals surface area contributed by atoms with Gasteiger partial charge < -0.3 is 4.74 Å². The Morgan fingerprint density at radius 1 is 1.29 bits per heavy atom. The molecule has 0 aromatic heterocycles. The number of esters is 1. The van der Waals surface area contributed by atoms with E-state index in [1.807, 2.05) is 0 Å². The maximum atomic E-state index is 11.5. The van der Waals surface area contributed by atoms with Gasteiger partial charge in [0, 0.05) is 0 Å². The molecular weight excluding hydrogens is 184 g/mol. The molecule has 0 aromatic rings. The third-order valence-corrected chi connectivity index (χ3v) is 2.57. The van der Waals surface area contributed by atoms with Crippen LogP contribution in [0.5, 0.6) is 0 Å². The van der Waals surface area contributed by atoms with E-state index in [0.717, 1.165) is 0 Å². The van der Waals surface area contributed by atoms with Crippen LogP contribution in [-0.2, 0) is 19.1 Å². The van der Waals surface area contributed by atoms with Crippen LogP contribution < -0.4 is 0 Å². The first-order chi connectivity index (χ1) is 6.53. The van der Waals surface area contributed by atoms with Crippen molar-refractivity contribution in [3.05, 3.63) is 0 Å². The number of rotatable bonds is 5. The zero-order valence-electron chi connectivity index (χ0n) is 8.46. The average Bonchev–Trinajstić information content (AvgIpc) is 2.83. The normalized spacial score (nSPS) is 17.3. The summed E-state index contributed by atoms with van der Waals surface area (Å²) in [5.74, 6) is -0.958. The quantitative estimate of drug-likeness (QED) is 0.486. The van der Waals surface area contributed by atoms with Gasteiger partial charge in [0.05, 0.1) is 12.0 Å². The SMILES string of the molecule is CCOC(=O)CC(=O)C1(C(C)=O)CC1. The van der Waals surface area contributed by atoms with Crippen molar-refractivity contribution in [2.45, 2.75) is 33.1 Å². The van der Waals surface area contributed by atoms with Crippen molar-refractivity contribution in [2.24, 2.45) is 5.41 Å². The van der Waals surface area contributed by atoms with Crippen molar-refractivity contribution < 1.29 is 19.1 Å². The number of hydrogen-bond donors (Lipinski definition) is 0. The molecule has 1 saturated carbocycles. The monoisotopic (exact) mass is 198 g/mol. The lowest BCUT2D eigenvalue weighted by atomic mass is 9.94. The van der Waals surface area contributed by atoms with Crippen LogP contribution in [0.4, 0.5) is 0 Å². The summed E-state index contributed by atoms with van der Waals surface area (Å²) >= 11 is 0. The molecule has 0 amide bonds. The maximum absolute atomic E-state index is 11.5. The lowest BCUT2D eigenvalue weighted by Crippen LogP contribution is -2.26.